The third kappa shape index (κ3) is 3.49. The lowest BCUT2D eigenvalue weighted by molar-refractivity contribution is 0.186. The maximum atomic E-state index is 13.0. The van der Waals surface area contributed by atoms with Crippen LogP contribution >= 0.6 is 0 Å². The maximum Gasteiger partial charge on any atom is 0.125 e. The van der Waals surface area contributed by atoms with Gasteiger partial charge < -0.3 is 9.84 Å². The van der Waals surface area contributed by atoms with Gasteiger partial charge in [0.05, 0.1) is 12.7 Å². The van der Waals surface area contributed by atoms with Gasteiger partial charge in [0.15, 0.2) is 0 Å². The fraction of sp³-hybridized carbons (Fsp3) is 0.538. The summed E-state index contributed by atoms with van der Waals surface area (Å²) in [6.07, 6.45) is 0.313. The van der Waals surface area contributed by atoms with E-state index in [1.807, 2.05) is 0 Å². The molecule has 90 valence electrons. The molecule has 0 spiro atoms. The molecule has 16 heavy (non-hydrogen) atoms. The van der Waals surface area contributed by atoms with Crippen LogP contribution in [-0.4, -0.2) is 11.7 Å². The number of rotatable bonds is 5. The zero-order valence-corrected chi connectivity index (χ0v) is 10.0. The summed E-state index contributed by atoms with van der Waals surface area (Å²) in [6.45, 7) is 6.37. The van der Waals surface area contributed by atoms with Gasteiger partial charge in [-0.25, -0.2) is 4.39 Å². The van der Waals surface area contributed by atoms with Gasteiger partial charge in [0.25, 0.3) is 0 Å². The minimum atomic E-state index is -0.720. The van der Waals surface area contributed by atoms with Crippen LogP contribution in [0.5, 0.6) is 5.75 Å². The van der Waals surface area contributed by atoms with E-state index in [0.29, 0.717) is 23.8 Å². The first-order valence-corrected chi connectivity index (χ1v) is 5.64. The van der Waals surface area contributed by atoms with Crippen molar-refractivity contribution in [3.05, 3.63) is 29.6 Å². The van der Waals surface area contributed by atoms with Crippen LogP contribution in [0.3, 0.4) is 0 Å². The third-order valence-electron chi connectivity index (χ3n) is 2.64. The lowest BCUT2D eigenvalue weighted by Crippen LogP contribution is -2.09. The Balaban J connectivity index is 2.78. The van der Waals surface area contributed by atoms with Gasteiger partial charge in [-0.3, -0.25) is 0 Å². The van der Waals surface area contributed by atoms with Gasteiger partial charge in [0.2, 0.25) is 0 Å². The summed E-state index contributed by atoms with van der Waals surface area (Å²) in [4.78, 5) is 0. The van der Waals surface area contributed by atoms with E-state index < -0.39 is 6.10 Å². The Morgan fingerprint density at radius 1 is 1.38 bits per heavy atom. The van der Waals surface area contributed by atoms with E-state index in [2.05, 4.69) is 13.8 Å². The van der Waals surface area contributed by atoms with E-state index in [0.717, 1.165) is 6.42 Å². The fourth-order valence-corrected chi connectivity index (χ4v) is 1.33. The van der Waals surface area contributed by atoms with Crippen LogP contribution in [0, 0.1) is 11.7 Å². The minimum Gasteiger partial charge on any atom is -0.493 e. The Labute approximate surface area is 96.1 Å². The maximum absolute atomic E-state index is 13.0. The number of hydrogen-bond donors (Lipinski definition) is 1. The smallest absolute Gasteiger partial charge is 0.125 e. The molecule has 0 fully saturated rings. The molecule has 0 saturated heterocycles. The van der Waals surface area contributed by atoms with Crippen molar-refractivity contribution in [3.8, 4) is 5.75 Å². The Bertz CT molecular complexity index is 337. The molecule has 0 bridgehead atoms. The molecule has 2 nitrogen and oxygen atoms in total. The molecule has 2 unspecified atom stereocenters. The summed E-state index contributed by atoms with van der Waals surface area (Å²) >= 11 is 0. The molecular formula is C13H19FO2. The quantitative estimate of drug-likeness (QED) is 0.834. The SMILES string of the molecule is CCC(C)COc1ccc(F)cc1C(C)O. The summed E-state index contributed by atoms with van der Waals surface area (Å²) < 4.78 is 18.6. The Morgan fingerprint density at radius 3 is 2.62 bits per heavy atom. The molecule has 1 aromatic rings. The topological polar surface area (TPSA) is 29.5 Å². The standard InChI is InChI=1S/C13H19FO2/c1-4-9(2)8-16-13-6-5-11(14)7-12(13)10(3)15/h5-7,9-10,15H,4,8H2,1-3H3. The minimum absolute atomic E-state index is 0.355. The average molecular weight is 226 g/mol. The second kappa shape index (κ2) is 5.85. The van der Waals surface area contributed by atoms with Crippen molar-refractivity contribution >= 4 is 0 Å². The molecule has 0 saturated carbocycles. The molecule has 0 heterocycles. The van der Waals surface area contributed by atoms with Gasteiger partial charge in [-0.1, -0.05) is 20.3 Å². The molecule has 0 amide bonds. The number of halogens is 1. The molecule has 0 aromatic heterocycles. The van der Waals surface area contributed by atoms with Crippen molar-refractivity contribution in [2.24, 2.45) is 5.92 Å². The second-order valence-electron chi connectivity index (χ2n) is 4.18. The van der Waals surface area contributed by atoms with Crippen LogP contribution in [0.15, 0.2) is 18.2 Å². The van der Waals surface area contributed by atoms with Gasteiger partial charge in [-0.2, -0.15) is 0 Å². The molecule has 0 aliphatic rings. The van der Waals surface area contributed by atoms with Crippen molar-refractivity contribution < 1.29 is 14.2 Å². The van der Waals surface area contributed by atoms with Crippen LogP contribution in [0.25, 0.3) is 0 Å². The number of benzene rings is 1. The average Bonchev–Trinajstić information content (AvgIpc) is 2.26. The first-order valence-electron chi connectivity index (χ1n) is 5.64. The van der Waals surface area contributed by atoms with E-state index in [4.69, 9.17) is 4.74 Å². The molecule has 0 aliphatic carbocycles. The lowest BCUT2D eigenvalue weighted by Gasteiger charge is -2.15. The highest BCUT2D eigenvalue weighted by molar-refractivity contribution is 5.35. The van der Waals surface area contributed by atoms with E-state index in [-0.39, 0.29) is 5.82 Å². The van der Waals surface area contributed by atoms with Crippen molar-refractivity contribution in [1.82, 2.24) is 0 Å². The van der Waals surface area contributed by atoms with Crippen LogP contribution in [0.1, 0.15) is 38.9 Å². The monoisotopic (exact) mass is 226 g/mol. The highest BCUT2D eigenvalue weighted by Crippen LogP contribution is 2.26. The first kappa shape index (κ1) is 13.0. The highest BCUT2D eigenvalue weighted by atomic mass is 19.1. The zero-order chi connectivity index (χ0) is 12.1. The third-order valence-corrected chi connectivity index (χ3v) is 2.64. The van der Waals surface area contributed by atoms with Crippen LogP contribution < -0.4 is 4.74 Å². The van der Waals surface area contributed by atoms with Crippen LogP contribution in [0.2, 0.25) is 0 Å². The summed E-state index contributed by atoms with van der Waals surface area (Å²) in [5, 5.41) is 9.50. The predicted molar refractivity (Wildman–Crippen MR) is 62.0 cm³/mol. The summed E-state index contributed by atoms with van der Waals surface area (Å²) in [6, 6.07) is 4.23. The second-order valence-corrected chi connectivity index (χ2v) is 4.18. The predicted octanol–water partition coefficient (Wildman–Crippen LogP) is 3.30. The first-order chi connectivity index (χ1) is 7.54. The Hall–Kier alpha value is -1.09. The molecule has 0 aliphatic heterocycles. The van der Waals surface area contributed by atoms with Crippen LogP contribution in [-0.2, 0) is 0 Å². The number of aliphatic hydroxyl groups is 1. The van der Waals surface area contributed by atoms with E-state index >= 15 is 0 Å². The largest absolute Gasteiger partial charge is 0.493 e. The van der Waals surface area contributed by atoms with Gasteiger partial charge >= 0.3 is 0 Å². The zero-order valence-electron chi connectivity index (χ0n) is 10.0. The summed E-state index contributed by atoms with van der Waals surface area (Å²) in [5.41, 5.74) is 0.503. The van der Waals surface area contributed by atoms with Gasteiger partial charge in [-0.15, -0.1) is 0 Å². The van der Waals surface area contributed by atoms with E-state index in [1.165, 1.54) is 12.1 Å². The highest BCUT2D eigenvalue weighted by Gasteiger charge is 2.11. The molecule has 0 radical (unpaired) electrons. The molecule has 1 aromatic carbocycles. The van der Waals surface area contributed by atoms with Crippen molar-refractivity contribution in [2.45, 2.75) is 33.3 Å². The van der Waals surface area contributed by atoms with Crippen LogP contribution in [0.4, 0.5) is 4.39 Å². The van der Waals surface area contributed by atoms with Crippen molar-refractivity contribution in [1.29, 1.82) is 0 Å². The van der Waals surface area contributed by atoms with Gasteiger partial charge in [0.1, 0.15) is 11.6 Å². The Kier molecular flexibility index (Phi) is 4.74. The van der Waals surface area contributed by atoms with Gasteiger partial charge in [0, 0.05) is 5.56 Å². The summed E-state index contributed by atoms with van der Waals surface area (Å²) in [7, 11) is 0. The molecule has 2 atom stereocenters. The summed E-state index contributed by atoms with van der Waals surface area (Å²) in [5.74, 6) is 0.662. The fourth-order valence-electron chi connectivity index (χ4n) is 1.33. The Morgan fingerprint density at radius 2 is 2.06 bits per heavy atom. The normalized spacial score (nSPS) is 14.6. The van der Waals surface area contributed by atoms with Gasteiger partial charge in [-0.05, 0) is 31.0 Å². The number of hydrogen-bond acceptors (Lipinski definition) is 2. The molecule has 1 N–H and O–H groups in total. The van der Waals surface area contributed by atoms with Crippen molar-refractivity contribution in [2.75, 3.05) is 6.61 Å². The van der Waals surface area contributed by atoms with E-state index in [9.17, 15) is 9.50 Å². The van der Waals surface area contributed by atoms with E-state index in [1.54, 1.807) is 13.0 Å². The molecule has 1 rings (SSSR count). The molecule has 3 heteroatoms. The number of ether oxygens (including phenoxy) is 1. The lowest BCUT2D eigenvalue weighted by atomic mass is 10.1. The van der Waals surface area contributed by atoms with Crippen molar-refractivity contribution in [3.63, 3.8) is 0 Å². The molecular weight excluding hydrogens is 207 g/mol. The number of aliphatic hydroxyl groups excluding tert-OH is 1.